The Labute approximate surface area is 227 Å². The predicted molar refractivity (Wildman–Crippen MR) is 154 cm³/mol. The predicted octanol–water partition coefficient (Wildman–Crippen LogP) is 6.63. The van der Waals surface area contributed by atoms with Crippen LogP contribution in [0.1, 0.15) is 41.5 Å². The first-order chi connectivity index (χ1) is 18.8. The molecule has 2 bridgehead atoms. The van der Waals surface area contributed by atoms with E-state index in [1.54, 1.807) is 0 Å². The molecule has 4 atom stereocenters. The first-order valence-electron chi connectivity index (χ1n) is 14.1. The highest BCUT2D eigenvalue weighted by Gasteiger charge is 2.59. The van der Waals surface area contributed by atoms with E-state index in [9.17, 15) is 5.11 Å². The standard InChI is InChI=1S/C35H38N2O/c38-27-31-23-35(32-19-11-4-12-20-32)34(22-21-33(31)37(35)26-30-17-9-3-10-18-30)36(24-28-13-5-1-6-14-28)25-29-15-7-2-8-16-29/h1-20,31,33-34,38H,21-27H2/t31-,33-,34+,35+/m0/s1. The number of fused-ring (bicyclic) bond motifs is 2. The summed E-state index contributed by atoms with van der Waals surface area (Å²) in [6, 6.07) is 44.6. The average Bonchev–Trinajstić information content (AvgIpc) is 3.17. The quantitative estimate of drug-likeness (QED) is 0.278. The maximum absolute atomic E-state index is 10.6. The SMILES string of the molecule is OC[C@@H]1C[C@@]2(c3ccccc3)[C@H](N(Cc3ccccc3)Cc3ccccc3)CC[C@@H]1N2Cc1ccccc1. The number of rotatable bonds is 9. The van der Waals surface area contributed by atoms with Crippen molar-refractivity contribution in [1.82, 2.24) is 9.80 Å². The average molecular weight is 503 g/mol. The van der Waals surface area contributed by atoms with E-state index in [2.05, 4.69) is 131 Å². The number of hydrogen-bond acceptors (Lipinski definition) is 3. The van der Waals surface area contributed by atoms with Crippen molar-refractivity contribution in [2.24, 2.45) is 5.92 Å². The van der Waals surface area contributed by atoms with E-state index in [1.807, 2.05) is 0 Å². The number of piperidine rings is 1. The summed E-state index contributed by atoms with van der Waals surface area (Å²) in [5.74, 6) is 0.277. The monoisotopic (exact) mass is 502 g/mol. The Kier molecular flexibility index (Phi) is 7.42. The second kappa shape index (κ2) is 11.2. The lowest BCUT2D eigenvalue weighted by Gasteiger charge is -2.54. The topological polar surface area (TPSA) is 26.7 Å². The van der Waals surface area contributed by atoms with Gasteiger partial charge in [-0.3, -0.25) is 9.80 Å². The number of aliphatic hydroxyl groups is 1. The summed E-state index contributed by atoms with van der Waals surface area (Å²) in [6.45, 7) is 2.96. The van der Waals surface area contributed by atoms with Crippen LogP contribution in [0, 0.1) is 5.92 Å². The van der Waals surface area contributed by atoms with Gasteiger partial charge < -0.3 is 5.11 Å². The zero-order valence-electron chi connectivity index (χ0n) is 22.1. The Bertz CT molecular complexity index is 1240. The van der Waals surface area contributed by atoms with E-state index in [0.717, 1.165) is 38.9 Å². The molecule has 6 rings (SSSR count). The number of aliphatic hydroxyl groups excluding tert-OH is 1. The van der Waals surface area contributed by atoms with E-state index in [1.165, 1.54) is 22.3 Å². The Hall–Kier alpha value is -3.24. The van der Waals surface area contributed by atoms with Crippen LogP contribution >= 0.6 is 0 Å². The summed E-state index contributed by atoms with van der Waals surface area (Å²) in [4.78, 5) is 5.50. The summed E-state index contributed by atoms with van der Waals surface area (Å²) in [7, 11) is 0. The van der Waals surface area contributed by atoms with Gasteiger partial charge in [-0.1, -0.05) is 121 Å². The zero-order valence-corrected chi connectivity index (χ0v) is 22.1. The minimum atomic E-state index is -0.170. The molecule has 2 aliphatic rings. The van der Waals surface area contributed by atoms with Gasteiger partial charge in [0.15, 0.2) is 0 Å². The third-order valence-corrected chi connectivity index (χ3v) is 8.92. The molecule has 4 aromatic rings. The van der Waals surface area contributed by atoms with Gasteiger partial charge in [0.1, 0.15) is 0 Å². The molecule has 0 saturated carbocycles. The van der Waals surface area contributed by atoms with Crippen molar-refractivity contribution >= 4 is 0 Å². The van der Waals surface area contributed by atoms with Gasteiger partial charge in [0.25, 0.3) is 0 Å². The largest absolute Gasteiger partial charge is 0.396 e. The van der Waals surface area contributed by atoms with Crippen LogP contribution in [0.25, 0.3) is 0 Å². The smallest absolute Gasteiger partial charge is 0.0627 e. The van der Waals surface area contributed by atoms with Crippen molar-refractivity contribution in [3.8, 4) is 0 Å². The minimum Gasteiger partial charge on any atom is -0.396 e. The Morgan fingerprint density at radius 2 is 1.16 bits per heavy atom. The van der Waals surface area contributed by atoms with Crippen molar-refractivity contribution in [1.29, 1.82) is 0 Å². The van der Waals surface area contributed by atoms with Gasteiger partial charge in [0.2, 0.25) is 0 Å². The van der Waals surface area contributed by atoms with Crippen molar-refractivity contribution < 1.29 is 5.11 Å². The molecule has 3 nitrogen and oxygen atoms in total. The van der Waals surface area contributed by atoms with Gasteiger partial charge in [0.05, 0.1) is 5.54 Å². The van der Waals surface area contributed by atoms with Crippen molar-refractivity contribution in [3.05, 3.63) is 144 Å². The maximum atomic E-state index is 10.6. The maximum Gasteiger partial charge on any atom is 0.0627 e. The molecular weight excluding hydrogens is 464 g/mol. The number of benzene rings is 4. The van der Waals surface area contributed by atoms with Crippen LogP contribution in [0.5, 0.6) is 0 Å². The summed E-state index contributed by atoms with van der Waals surface area (Å²) in [5, 5.41) is 10.6. The van der Waals surface area contributed by atoms with Crippen LogP contribution in [0.3, 0.4) is 0 Å². The molecular formula is C35H38N2O. The fraction of sp³-hybridized carbons (Fsp3) is 0.314. The fourth-order valence-corrected chi connectivity index (χ4v) is 7.31. The first-order valence-corrected chi connectivity index (χ1v) is 14.1. The molecule has 3 heteroatoms. The Morgan fingerprint density at radius 3 is 1.68 bits per heavy atom. The summed E-state index contributed by atoms with van der Waals surface area (Å²) in [6.07, 6.45) is 3.22. The van der Waals surface area contributed by atoms with E-state index in [4.69, 9.17) is 0 Å². The number of hydrogen-bond donors (Lipinski definition) is 1. The molecule has 38 heavy (non-hydrogen) atoms. The van der Waals surface area contributed by atoms with Crippen molar-refractivity contribution in [2.45, 2.75) is 56.5 Å². The van der Waals surface area contributed by atoms with Gasteiger partial charge in [0, 0.05) is 38.3 Å². The minimum absolute atomic E-state index is 0.170. The van der Waals surface area contributed by atoms with E-state index >= 15 is 0 Å². The van der Waals surface area contributed by atoms with Gasteiger partial charge in [-0.2, -0.15) is 0 Å². The molecule has 0 aliphatic carbocycles. The van der Waals surface area contributed by atoms with Crippen molar-refractivity contribution in [2.75, 3.05) is 6.61 Å². The van der Waals surface area contributed by atoms with E-state index < -0.39 is 0 Å². The normalized spacial score (nSPS) is 25.1. The van der Waals surface area contributed by atoms with Crippen LogP contribution < -0.4 is 0 Å². The lowest BCUT2D eigenvalue weighted by molar-refractivity contribution is -0.0486. The van der Waals surface area contributed by atoms with Crippen LogP contribution in [0.2, 0.25) is 0 Å². The molecule has 0 unspecified atom stereocenters. The summed E-state index contributed by atoms with van der Waals surface area (Å²) in [5.41, 5.74) is 5.25. The highest BCUT2D eigenvalue weighted by Crippen LogP contribution is 2.55. The highest BCUT2D eigenvalue weighted by atomic mass is 16.3. The van der Waals surface area contributed by atoms with Gasteiger partial charge in [-0.15, -0.1) is 0 Å². The van der Waals surface area contributed by atoms with Gasteiger partial charge >= 0.3 is 0 Å². The lowest BCUT2D eigenvalue weighted by atomic mass is 9.75. The van der Waals surface area contributed by atoms with Crippen LogP contribution in [0.4, 0.5) is 0 Å². The van der Waals surface area contributed by atoms with Gasteiger partial charge in [-0.05, 0) is 47.4 Å². The Balaban J connectivity index is 1.47. The molecule has 2 aliphatic heterocycles. The summed E-state index contributed by atoms with van der Waals surface area (Å²) < 4.78 is 0. The van der Waals surface area contributed by atoms with Crippen LogP contribution in [0.15, 0.2) is 121 Å². The van der Waals surface area contributed by atoms with Gasteiger partial charge in [-0.25, -0.2) is 0 Å². The third kappa shape index (κ3) is 4.82. The fourth-order valence-electron chi connectivity index (χ4n) is 7.31. The highest BCUT2D eigenvalue weighted by molar-refractivity contribution is 5.33. The van der Waals surface area contributed by atoms with Crippen LogP contribution in [-0.4, -0.2) is 33.6 Å². The summed E-state index contributed by atoms with van der Waals surface area (Å²) >= 11 is 0. The molecule has 0 amide bonds. The van der Waals surface area contributed by atoms with Crippen LogP contribution in [-0.2, 0) is 25.2 Å². The molecule has 2 fully saturated rings. The molecule has 0 aromatic heterocycles. The molecule has 2 heterocycles. The van der Waals surface area contributed by atoms with E-state index in [-0.39, 0.29) is 18.1 Å². The number of nitrogens with zero attached hydrogens (tertiary/aromatic N) is 2. The lowest BCUT2D eigenvalue weighted by Crippen LogP contribution is -2.61. The molecule has 2 saturated heterocycles. The second-order valence-corrected chi connectivity index (χ2v) is 11.1. The molecule has 4 aromatic carbocycles. The molecule has 0 spiro atoms. The third-order valence-electron chi connectivity index (χ3n) is 8.92. The van der Waals surface area contributed by atoms with Crippen molar-refractivity contribution in [3.63, 3.8) is 0 Å². The second-order valence-electron chi connectivity index (χ2n) is 11.1. The molecule has 0 radical (unpaired) electrons. The molecule has 1 N–H and O–H groups in total. The first kappa shape index (κ1) is 25.1. The van der Waals surface area contributed by atoms with E-state index in [0.29, 0.717) is 12.1 Å². The Morgan fingerprint density at radius 1 is 0.658 bits per heavy atom. The molecule has 194 valence electrons. The zero-order chi connectivity index (χ0) is 25.8.